The summed E-state index contributed by atoms with van der Waals surface area (Å²) in [4.78, 5) is 56.1. The second-order valence-electron chi connectivity index (χ2n) is 14.0. The molecule has 9 heteroatoms. The molecule has 3 atom stereocenters. The van der Waals surface area contributed by atoms with Gasteiger partial charge in [0, 0.05) is 44.7 Å². The SMILES string of the molecule is CC(C)(C)OC(=O)CCCN(CC1CN(C(=O)OC(C)(C)C)CC1Cc1ccccc1)C(=O)C1CC(=O)Nc2ccccc21. The molecule has 0 bridgehead atoms. The molecule has 9 nitrogen and oxygen atoms in total. The zero-order chi connectivity index (χ0) is 32.1. The number of esters is 1. The van der Waals surface area contributed by atoms with Crippen LogP contribution in [-0.2, 0) is 30.3 Å². The Balaban J connectivity index is 1.58. The summed E-state index contributed by atoms with van der Waals surface area (Å²) in [5, 5.41) is 2.88. The molecule has 0 aromatic heterocycles. The highest BCUT2D eigenvalue weighted by molar-refractivity contribution is 6.01. The minimum atomic E-state index is -0.627. The summed E-state index contributed by atoms with van der Waals surface area (Å²) < 4.78 is 11.2. The third kappa shape index (κ3) is 9.31. The van der Waals surface area contributed by atoms with E-state index in [1.807, 2.05) is 84.0 Å². The van der Waals surface area contributed by atoms with Crippen molar-refractivity contribution in [2.75, 3.05) is 31.5 Å². The number of rotatable bonds is 9. The summed E-state index contributed by atoms with van der Waals surface area (Å²) in [7, 11) is 0. The van der Waals surface area contributed by atoms with Crippen molar-refractivity contribution in [3.63, 3.8) is 0 Å². The van der Waals surface area contributed by atoms with Crippen molar-refractivity contribution < 1.29 is 28.7 Å². The minimum absolute atomic E-state index is 0.0270. The first-order chi connectivity index (χ1) is 20.7. The van der Waals surface area contributed by atoms with Crippen LogP contribution in [0.2, 0.25) is 0 Å². The van der Waals surface area contributed by atoms with Gasteiger partial charge in [-0.15, -0.1) is 0 Å². The molecular formula is C35H47N3O6. The molecule has 2 aromatic carbocycles. The van der Waals surface area contributed by atoms with E-state index in [1.165, 1.54) is 0 Å². The standard InChI is InChI=1S/C35H47N3O6/c1-34(2,3)43-31(40)17-12-18-37(32(41)28-20-30(39)36-29-16-11-10-15-27(28)29)22-26-23-38(33(42)44-35(4,5)6)21-25(26)19-24-13-8-7-9-14-24/h7-11,13-16,25-26,28H,12,17-23H2,1-6H3,(H,36,39). The predicted octanol–water partition coefficient (Wildman–Crippen LogP) is 5.79. The van der Waals surface area contributed by atoms with E-state index in [1.54, 1.807) is 9.80 Å². The highest BCUT2D eigenvalue weighted by atomic mass is 16.6. The highest BCUT2D eigenvalue weighted by Crippen LogP contribution is 2.35. The lowest BCUT2D eigenvalue weighted by Gasteiger charge is -2.33. The Morgan fingerprint density at radius 2 is 1.52 bits per heavy atom. The molecule has 3 unspecified atom stereocenters. The lowest BCUT2D eigenvalue weighted by atomic mass is 9.87. The number of ether oxygens (including phenoxy) is 2. The molecule has 0 spiro atoms. The number of anilines is 1. The van der Waals surface area contributed by atoms with Crippen molar-refractivity contribution in [1.29, 1.82) is 0 Å². The van der Waals surface area contributed by atoms with Crippen LogP contribution in [0.4, 0.5) is 10.5 Å². The van der Waals surface area contributed by atoms with Crippen molar-refractivity contribution in [2.45, 2.75) is 84.3 Å². The van der Waals surface area contributed by atoms with Gasteiger partial charge in [-0.3, -0.25) is 14.4 Å². The number of hydrogen-bond donors (Lipinski definition) is 1. The Labute approximate surface area is 261 Å². The molecule has 3 amide bonds. The van der Waals surface area contributed by atoms with Crippen molar-refractivity contribution in [1.82, 2.24) is 9.80 Å². The van der Waals surface area contributed by atoms with Gasteiger partial charge >= 0.3 is 12.1 Å². The molecule has 1 N–H and O–H groups in total. The van der Waals surface area contributed by atoms with Crippen LogP contribution in [0.5, 0.6) is 0 Å². The van der Waals surface area contributed by atoms with Crippen molar-refractivity contribution in [2.24, 2.45) is 11.8 Å². The predicted molar refractivity (Wildman–Crippen MR) is 169 cm³/mol. The van der Waals surface area contributed by atoms with Gasteiger partial charge < -0.3 is 24.6 Å². The molecule has 2 heterocycles. The number of nitrogens with zero attached hydrogens (tertiary/aromatic N) is 2. The smallest absolute Gasteiger partial charge is 0.410 e. The van der Waals surface area contributed by atoms with Crippen LogP contribution >= 0.6 is 0 Å². The van der Waals surface area contributed by atoms with Crippen LogP contribution < -0.4 is 5.32 Å². The fraction of sp³-hybridized carbons (Fsp3) is 0.543. The number of fused-ring (bicyclic) bond motifs is 1. The van der Waals surface area contributed by atoms with Gasteiger partial charge in [-0.1, -0.05) is 48.5 Å². The molecule has 0 saturated carbocycles. The molecule has 44 heavy (non-hydrogen) atoms. The van der Waals surface area contributed by atoms with Crippen LogP contribution in [0.15, 0.2) is 54.6 Å². The fourth-order valence-electron chi connectivity index (χ4n) is 6.00. The summed E-state index contributed by atoms with van der Waals surface area (Å²) in [6.45, 7) is 12.7. The normalized spacial score (nSPS) is 20.0. The van der Waals surface area contributed by atoms with Gasteiger partial charge in [-0.25, -0.2) is 4.79 Å². The molecule has 2 aliphatic rings. The Kier molecular flexibility index (Phi) is 10.4. The van der Waals surface area contributed by atoms with Crippen molar-refractivity contribution in [3.8, 4) is 0 Å². The van der Waals surface area contributed by atoms with E-state index in [-0.39, 0.29) is 48.6 Å². The monoisotopic (exact) mass is 605 g/mol. The summed E-state index contributed by atoms with van der Waals surface area (Å²) in [5.41, 5.74) is 1.38. The van der Waals surface area contributed by atoms with Gasteiger partial charge in [0.1, 0.15) is 11.2 Å². The molecule has 2 aromatic rings. The molecule has 1 saturated heterocycles. The maximum atomic E-state index is 14.3. The number of carbonyl (C=O) groups excluding carboxylic acids is 4. The number of likely N-dealkylation sites (tertiary alicyclic amines) is 1. The van der Waals surface area contributed by atoms with Crippen molar-refractivity contribution >= 4 is 29.6 Å². The van der Waals surface area contributed by atoms with Crippen LogP contribution in [0.3, 0.4) is 0 Å². The Bertz CT molecular complexity index is 1330. The maximum Gasteiger partial charge on any atom is 0.410 e. The lowest BCUT2D eigenvalue weighted by molar-refractivity contribution is -0.155. The first kappa shape index (κ1) is 33.0. The van der Waals surface area contributed by atoms with Crippen molar-refractivity contribution in [3.05, 3.63) is 65.7 Å². The Morgan fingerprint density at radius 1 is 0.886 bits per heavy atom. The van der Waals surface area contributed by atoms with E-state index in [0.29, 0.717) is 38.3 Å². The van der Waals surface area contributed by atoms with E-state index >= 15 is 0 Å². The van der Waals surface area contributed by atoms with Crippen LogP contribution in [-0.4, -0.2) is 71.1 Å². The third-order valence-electron chi connectivity index (χ3n) is 7.86. The number of para-hydroxylation sites is 1. The molecule has 0 radical (unpaired) electrons. The van der Waals surface area contributed by atoms with E-state index in [2.05, 4.69) is 17.4 Å². The largest absolute Gasteiger partial charge is 0.460 e. The van der Waals surface area contributed by atoms with E-state index in [4.69, 9.17) is 9.47 Å². The molecular weight excluding hydrogens is 558 g/mol. The van der Waals surface area contributed by atoms with E-state index in [0.717, 1.165) is 17.5 Å². The fourth-order valence-corrected chi connectivity index (χ4v) is 6.00. The van der Waals surface area contributed by atoms with Crippen LogP contribution in [0.25, 0.3) is 0 Å². The maximum absolute atomic E-state index is 14.3. The average molecular weight is 606 g/mol. The highest BCUT2D eigenvalue weighted by Gasteiger charge is 2.40. The van der Waals surface area contributed by atoms with Gasteiger partial charge in [0.25, 0.3) is 0 Å². The second-order valence-corrected chi connectivity index (χ2v) is 14.0. The summed E-state index contributed by atoms with van der Waals surface area (Å²) >= 11 is 0. The summed E-state index contributed by atoms with van der Waals surface area (Å²) in [5.74, 6) is -1.22. The molecule has 238 valence electrons. The third-order valence-corrected chi connectivity index (χ3v) is 7.86. The zero-order valence-corrected chi connectivity index (χ0v) is 26.9. The van der Waals surface area contributed by atoms with Gasteiger partial charge in [0.15, 0.2) is 0 Å². The van der Waals surface area contributed by atoms with E-state index in [9.17, 15) is 19.2 Å². The number of nitrogens with one attached hydrogen (secondary N) is 1. The van der Waals surface area contributed by atoms with Gasteiger partial charge in [-0.05, 0) is 83.4 Å². The molecule has 0 aliphatic carbocycles. The van der Waals surface area contributed by atoms with Crippen LogP contribution in [0.1, 0.15) is 77.8 Å². The van der Waals surface area contributed by atoms with Gasteiger partial charge in [-0.2, -0.15) is 0 Å². The lowest BCUT2D eigenvalue weighted by Crippen LogP contribution is -2.43. The molecule has 2 aliphatic heterocycles. The summed E-state index contributed by atoms with van der Waals surface area (Å²) in [6.07, 6.45) is 1.04. The minimum Gasteiger partial charge on any atom is -0.460 e. The van der Waals surface area contributed by atoms with E-state index < -0.39 is 17.1 Å². The summed E-state index contributed by atoms with van der Waals surface area (Å²) in [6, 6.07) is 17.5. The number of benzene rings is 2. The number of hydrogen-bond acceptors (Lipinski definition) is 6. The number of amides is 3. The first-order valence-electron chi connectivity index (χ1n) is 15.6. The molecule has 4 rings (SSSR count). The Morgan fingerprint density at radius 3 is 2.20 bits per heavy atom. The van der Waals surface area contributed by atoms with Gasteiger partial charge in [0.05, 0.1) is 5.92 Å². The topological polar surface area (TPSA) is 105 Å². The van der Waals surface area contributed by atoms with Crippen LogP contribution in [0, 0.1) is 11.8 Å². The Hall–Kier alpha value is -3.88. The zero-order valence-electron chi connectivity index (χ0n) is 26.9. The second kappa shape index (κ2) is 13.8. The van der Waals surface area contributed by atoms with Gasteiger partial charge in [0.2, 0.25) is 11.8 Å². The average Bonchev–Trinajstić information content (AvgIpc) is 3.32. The molecule has 1 fully saturated rings. The number of carbonyl (C=O) groups is 4. The first-order valence-corrected chi connectivity index (χ1v) is 15.6. The quantitative estimate of drug-likeness (QED) is 0.363.